The second kappa shape index (κ2) is 7.70. The summed E-state index contributed by atoms with van der Waals surface area (Å²) in [7, 11) is 1.34. The lowest BCUT2D eigenvalue weighted by molar-refractivity contribution is -0.385. The van der Waals surface area contributed by atoms with Gasteiger partial charge in [-0.2, -0.15) is 5.26 Å². The number of nitriles is 1. The first kappa shape index (κ1) is 18.1. The van der Waals surface area contributed by atoms with Crippen molar-refractivity contribution in [3.63, 3.8) is 0 Å². The molecule has 1 amide bonds. The summed E-state index contributed by atoms with van der Waals surface area (Å²) >= 11 is 0. The third-order valence-electron chi connectivity index (χ3n) is 4.40. The first-order chi connectivity index (χ1) is 13.0. The molecule has 9 nitrogen and oxygen atoms in total. The summed E-state index contributed by atoms with van der Waals surface area (Å²) < 4.78 is 4.97. The van der Waals surface area contributed by atoms with Crippen LogP contribution in [0.15, 0.2) is 36.5 Å². The lowest BCUT2D eigenvalue weighted by Crippen LogP contribution is -2.49. The normalized spacial score (nSPS) is 13.8. The Morgan fingerprint density at radius 2 is 2.04 bits per heavy atom. The molecule has 1 aromatic heterocycles. The number of ether oxygens (including phenoxy) is 1. The molecular formula is C18H17N5O4. The maximum absolute atomic E-state index is 12.7. The van der Waals surface area contributed by atoms with E-state index in [9.17, 15) is 20.2 Å². The van der Waals surface area contributed by atoms with Crippen molar-refractivity contribution in [2.45, 2.75) is 0 Å². The van der Waals surface area contributed by atoms with E-state index < -0.39 is 4.92 Å². The standard InChI is InChI=1S/C18H17N5O4/c1-27-16-5-4-13(11-15(16)23(25)26)18(24)22-9-7-21(8-10-22)17-14(12-19)3-2-6-20-17/h2-6,11H,7-10H2,1H3. The van der Waals surface area contributed by atoms with E-state index in [1.165, 1.54) is 25.3 Å². The van der Waals surface area contributed by atoms with Crippen LogP contribution in [0.4, 0.5) is 11.5 Å². The molecule has 1 fully saturated rings. The molecule has 0 radical (unpaired) electrons. The third kappa shape index (κ3) is 3.64. The number of hydrogen-bond acceptors (Lipinski definition) is 7. The van der Waals surface area contributed by atoms with Crippen molar-refractivity contribution in [1.29, 1.82) is 5.26 Å². The van der Waals surface area contributed by atoms with Gasteiger partial charge < -0.3 is 14.5 Å². The summed E-state index contributed by atoms with van der Waals surface area (Å²) in [6.45, 7) is 1.91. The molecule has 27 heavy (non-hydrogen) atoms. The molecule has 2 heterocycles. The van der Waals surface area contributed by atoms with E-state index in [0.29, 0.717) is 37.6 Å². The Morgan fingerprint density at radius 3 is 2.67 bits per heavy atom. The topological polar surface area (TPSA) is 113 Å². The Morgan fingerprint density at radius 1 is 1.30 bits per heavy atom. The maximum atomic E-state index is 12.7. The van der Waals surface area contributed by atoms with Crippen molar-refractivity contribution in [1.82, 2.24) is 9.88 Å². The number of nitro benzene ring substituents is 1. The van der Waals surface area contributed by atoms with Gasteiger partial charge in [0.05, 0.1) is 17.6 Å². The van der Waals surface area contributed by atoms with Crippen LogP contribution in [0.1, 0.15) is 15.9 Å². The van der Waals surface area contributed by atoms with Crippen LogP contribution in [0.3, 0.4) is 0 Å². The number of hydrogen-bond donors (Lipinski definition) is 0. The van der Waals surface area contributed by atoms with Gasteiger partial charge in [-0.25, -0.2) is 4.98 Å². The molecule has 3 rings (SSSR count). The van der Waals surface area contributed by atoms with Gasteiger partial charge in [-0.1, -0.05) is 0 Å². The highest BCUT2D eigenvalue weighted by Gasteiger charge is 2.26. The third-order valence-corrected chi connectivity index (χ3v) is 4.40. The summed E-state index contributed by atoms with van der Waals surface area (Å²) in [6.07, 6.45) is 1.63. The van der Waals surface area contributed by atoms with Crippen LogP contribution in [0.2, 0.25) is 0 Å². The van der Waals surface area contributed by atoms with Crippen molar-refractivity contribution in [2.75, 3.05) is 38.2 Å². The molecule has 0 aliphatic carbocycles. The average molecular weight is 367 g/mol. The quantitative estimate of drug-likeness (QED) is 0.598. The van der Waals surface area contributed by atoms with Crippen LogP contribution in [-0.2, 0) is 0 Å². The number of pyridine rings is 1. The summed E-state index contributed by atoms with van der Waals surface area (Å²) in [5.74, 6) is 0.440. The zero-order chi connectivity index (χ0) is 19.4. The summed E-state index contributed by atoms with van der Waals surface area (Å²) in [6, 6.07) is 9.71. The highest BCUT2D eigenvalue weighted by Crippen LogP contribution is 2.28. The minimum absolute atomic E-state index is 0.112. The lowest BCUT2D eigenvalue weighted by atomic mass is 10.1. The van der Waals surface area contributed by atoms with Gasteiger partial charge in [0.15, 0.2) is 5.75 Å². The highest BCUT2D eigenvalue weighted by molar-refractivity contribution is 5.95. The second-order valence-corrected chi connectivity index (χ2v) is 5.91. The number of carbonyl (C=O) groups is 1. The van der Waals surface area contributed by atoms with E-state index in [-0.39, 0.29) is 22.9 Å². The van der Waals surface area contributed by atoms with E-state index in [1.54, 1.807) is 23.2 Å². The van der Waals surface area contributed by atoms with Crippen molar-refractivity contribution in [3.8, 4) is 11.8 Å². The molecule has 0 spiro atoms. The second-order valence-electron chi connectivity index (χ2n) is 5.91. The molecule has 0 bridgehead atoms. The number of anilines is 1. The zero-order valence-corrected chi connectivity index (χ0v) is 14.7. The molecule has 1 aliphatic heterocycles. The monoisotopic (exact) mass is 367 g/mol. The molecule has 1 aromatic carbocycles. The number of amides is 1. The summed E-state index contributed by atoms with van der Waals surface area (Å²) in [5.41, 5.74) is 0.490. The zero-order valence-electron chi connectivity index (χ0n) is 14.7. The molecule has 0 N–H and O–H groups in total. The van der Waals surface area contributed by atoms with Crippen molar-refractivity contribution in [2.24, 2.45) is 0 Å². The number of rotatable bonds is 4. The predicted molar refractivity (Wildman–Crippen MR) is 96.7 cm³/mol. The van der Waals surface area contributed by atoms with Gasteiger partial charge in [-0.05, 0) is 24.3 Å². The van der Waals surface area contributed by atoms with Gasteiger partial charge in [0.25, 0.3) is 5.91 Å². The number of methoxy groups -OCH3 is 1. The van der Waals surface area contributed by atoms with E-state index in [4.69, 9.17) is 4.74 Å². The largest absolute Gasteiger partial charge is 0.490 e. The number of benzene rings is 1. The van der Waals surface area contributed by atoms with Crippen LogP contribution in [-0.4, -0.2) is 54.0 Å². The Kier molecular flexibility index (Phi) is 5.17. The number of nitro groups is 1. The predicted octanol–water partition coefficient (Wildman–Crippen LogP) is 1.83. The van der Waals surface area contributed by atoms with Crippen LogP contribution < -0.4 is 9.64 Å². The van der Waals surface area contributed by atoms with E-state index in [1.807, 2.05) is 4.90 Å². The van der Waals surface area contributed by atoms with Crippen molar-refractivity contribution >= 4 is 17.4 Å². The van der Waals surface area contributed by atoms with Crippen LogP contribution in [0.25, 0.3) is 0 Å². The van der Waals surface area contributed by atoms with Crippen LogP contribution >= 0.6 is 0 Å². The van der Waals surface area contributed by atoms with Gasteiger partial charge in [0.2, 0.25) is 0 Å². The van der Waals surface area contributed by atoms with Gasteiger partial charge in [0.1, 0.15) is 11.9 Å². The van der Waals surface area contributed by atoms with E-state index >= 15 is 0 Å². The Bertz CT molecular complexity index is 916. The molecule has 2 aromatic rings. The summed E-state index contributed by atoms with van der Waals surface area (Å²) in [4.78, 5) is 31.2. The van der Waals surface area contributed by atoms with Gasteiger partial charge in [-0.15, -0.1) is 0 Å². The first-order valence-electron chi connectivity index (χ1n) is 8.27. The number of aromatic nitrogens is 1. The Labute approximate surface area is 155 Å². The number of piperazine rings is 1. The average Bonchev–Trinajstić information content (AvgIpc) is 2.72. The fourth-order valence-electron chi connectivity index (χ4n) is 3.01. The maximum Gasteiger partial charge on any atom is 0.311 e. The minimum atomic E-state index is -0.571. The Hall–Kier alpha value is -3.67. The van der Waals surface area contributed by atoms with Crippen molar-refractivity contribution < 1.29 is 14.5 Å². The smallest absolute Gasteiger partial charge is 0.311 e. The lowest BCUT2D eigenvalue weighted by Gasteiger charge is -2.35. The van der Waals surface area contributed by atoms with Crippen LogP contribution in [0.5, 0.6) is 5.75 Å². The Balaban J connectivity index is 1.73. The van der Waals surface area contributed by atoms with E-state index in [0.717, 1.165) is 0 Å². The molecule has 9 heteroatoms. The number of nitrogens with zero attached hydrogens (tertiary/aromatic N) is 5. The SMILES string of the molecule is COc1ccc(C(=O)N2CCN(c3ncccc3C#N)CC2)cc1[N+](=O)[O-]. The summed E-state index contributed by atoms with van der Waals surface area (Å²) in [5, 5.41) is 20.4. The molecule has 138 valence electrons. The highest BCUT2D eigenvalue weighted by atomic mass is 16.6. The molecule has 0 saturated carbocycles. The molecule has 1 saturated heterocycles. The molecule has 1 aliphatic rings. The fourth-order valence-corrected chi connectivity index (χ4v) is 3.01. The molecule has 0 atom stereocenters. The fraction of sp³-hybridized carbons (Fsp3) is 0.278. The van der Waals surface area contributed by atoms with Gasteiger partial charge in [0, 0.05) is 44.0 Å². The van der Waals surface area contributed by atoms with E-state index in [2.05, 4.69) is 11.1 Å². The molecule has 0 unspecified atom stereocenters. The van der Waals surface area contributed by atoms with Crippen molar-refractivity contribution in [3.05, 3.63) is 57.8 Å². The van der Waals surface area contributed by atoms with Crippen LogP contribution in [0, 0.1) is 21.4 Å². The minimum Gasteiger partial charge on any atom is -0.490 e. The van der Waals surface area contributed by atoms with Gasteiger partial charge >= 0.3 is 5.69 Å². The molecular weight excluding hydrogens is 350 g/mol. The first-order valence-corrected chi connectivity index (χ1v) is 8.27. The number of carbonyl (C=O) groups excluding carboxylic acids is 1. The van der Waals surface area contributed by atoms with Gasteiger partial charge in [-0.3, -0.25) is 14.9 Å².